The van der Waals surface area contributed by atoms with Gasteiger partial charge in [-0.2, -0.15) is 5.10 Å². The molecule has 0 saturated heterocycles. The highest BCUT2D eigenvalue weighted by Crippen LogP contribution is 2.30. The Morgan fingerprint density at radius 2 is 1.77 bits per heavy atom. The maximum atomic E-state index is 12.3. The summed E-state index contributed by atoms with van der Waals surface area (Å²) in [5.74, 6) is 0.269. The maximum absolute atomic E-state index is 12.3. The van der Waals surface area contributed by atoms with E-state index in [1.54, 1.807) is 12.1 Å². The minimum Gasteiger partial charge on any atom is -0.457 e. The van der Waals surface area contributed by atoms with Gasteiger partial charge in [-0.3, -0.25) is 29.7 Å². The molecule has 11 nitrogen and oxygen atoms in total. The van der Waals surface area contributed by atoms with Gasteiger partial charge in [-0.25, -0.2) is 0 Å². The van der Waals surface area contributed by atoms with Crippen LogP contribution in [-0.2, 0) is 11.3 Å². The van der Waals surface area contributed by atoms with Crippen LogP contribution in [0, 0.1) is 34.1 Å². The van der Waals surface area contributed by atoms with Gasteiger partial charge in [0.2, 0.25) is 5.91 Å². The van der Waals surface area contributed by atoms with E-state index in [-0.39, 0.29) is 35.8 Å². The van der Waals surface area contributed by atoms with Crippen LogP contribution in [0.15, 0.2) is 48.7 Å². The standard InChI is InChI=1S/C20H19N5O6/c1-13-3-5-17(6-4-13)31-18-10-15(9-16(11-18)24(27)28)22-20(26)7-8-23-14(2)19(12-21-23)25(29)30/h3-6,9-12H,7-8H2,1-2H3,(H,22,26). The summed E-state index contributed by atoms with van der Waals surface area (Å²) in [5.41, 5.74) is 1.21. The van der Waals surface area contributed by atoms with E-state index in [1.165, 1.54) is 29.8 Å². The zero-order valence-corrected chi connectivity index (χ0v) is 16.8. The van der Waals surface area contributed by atoms with Gasteiger partial charge < -0.3 is 10.1 Å². The molecule has 3 rings (SSSR count). The number of anilines is 1. The number of nitrogens with zero attached hydrogens (tertiary/aromatic N) is 4. The number of nitro groups is 2. The Morgan fingerprint density at radius 3 is 2.39 bits per heavy atom. The molecule has 0 bridgehead atoms. The molecule has 1 N–H and O–H groups in total. The number of nitro benzene ring substituents is 1. The van der Waals surface area contributed by atoms with Crippen LogP contribution in [0.3, 0.4) is 0 Å². The van der Waals surface area contributed by atoms with E-state index >= 15 is 0 Å². The third-order valence-electron chi connectivity index (χ3n) is 4.47. The first kappa shape index (κ1) is 21.4. The largest absolute Gasteiger partial charge is 0.457 e. The number of hydrogen-bond acceptors (Lipinski definition) is 7. The van der Waals surface area contributed by atoms with Crippen molar-refractivity contribution in [3.8, 4) is 11.5 Å². The zero-order chi connectivity index (χ0) is 22.5. The fraction of sp³-hybridized carbons (Fsp3) is 0.200. The molecule has 0 saturated carbocycles. The lowest BCUT2D eigenvalue weighted by Gasteiger charge is -2.10. The molecule has 1 heterocycles. The van der Waals surface area contributed by atoms with Crippen molar-refractivity contribution in [3.05, 3.63) is 80.1 Å². The molecular weight excluding hydrogens is 406 g/mol. The monoisotopic (exact) mass is 425 g/mol. The number of carbonyl (C=O) groups excluding carboxylic acids is 1. The normalized spacial score (nSPS) is 10.5. The molecule has 3 aromatic rings. The van der Waals surface area contributed by atoms with Gasteiger partial charge in [-0.05, 0) is 26.0 Å². The van der Waals surface area contributed by atoms with Crippen LogP contribution < -0.4 is 10.1 Å². The molecule has 2 aromatic carbocycles. The summed E-state index contributed by atoms with van der Waals surface area (Å²) in [5, 5.41) is 28.7. The number of ether oxygens (including phenoxy) is 1. The average Bonchev–Trinajstić information content (AvgIpc) is 3.08. The van der Waals surface area contributed by atoms with E-state index in [9.17, 15) is 25.0 Å². The van der Waals surface area contributed by atoms with E-state index in [4.69, 9.17) is 4.74 Å². The molecule has 11 heteroatoms. The molecular formula is C20H19N5O6. The fourth-order valence-corrected chi connectivity index (χ4v) is 2.83. The van der Waals surface area contributed by atoms with Crippen molar-refractivity contribution in [2.24, 2.45) is 0 Å². The third-order valence-corrected chi connectivity index (χ3v) is 4.47. The summed E-state index contributed by atoms with van der Waals surface area (Å²) < 4.78 is 7.04. The summed E-state index contributed by atoms with van der Waals surface area (Å²) in [6.07, 6.45) is 1.10. The third kappa shape index (κ3) is 5.41. The van der Waals surface area contributed by atoms with Crippen molar-refractivity contribution < 1.29 is 19.4 Å². The Kier molecular flexibility index (Phi) is 6.24. The van der Waals surface area contributed by atoms with Gasteiger partial charge in [0.05, 0.1) is 28.1 Å². The summed E-state index contributed by atoms with van der Waals surface area (Å²) in [6.45, 7) is 3.58. The van der Waals surface area contributed by atoms with Gasteiger partial charge in [0.1, 0.15) is 23.4 Å². The van der Waals surface area contributed by atoms with Gasteiger partial charge in [0, 0.05) is 18.6 Å². The molecule has 0 aliphatic heterocycles. The number of nitrogens with one attached hydrogen (secondary N) is 1. The maximum Gasteiger partial charge on any atom is 0.309 e. The Morgan fingerprint density at radius 1 is 1.06 bits per heavy atom. The average molecular weight is 425 g/mol. The molecule has 1 aromatic heterocycles. The summed E-state index contributed by atoms with van der Waals surface area (Å²) in [4.78, 5) is 33.4. The highest BCUT2D eigenvalue weighted by Gasteiger charge is 2.17. The summed E-state index contributed by atoms with van der Waals surface area (Å²) >= 11 is 0. The second-order valence-corrected chi connectivity index (χ2v) is 6.78. The predicted molar refractivity (Wildman–Crippen MR) is 111 cm³/mol. The Bertz CT molecular complexity index is 1140. The van der Waals surface area contributed by atoms with Crippen LogP contribution in [0.25, 0.3) is 0 Å². The molecule has 0 aliphatic rings. The van der Waals surface area contributed by atoms with Crippen LogP contribution >= 0.6 is 0 Å². The molecule has 0 unspecified atom stereocenters. The Labute approximate surface area is 176 Å². The lowest BCUT2D eigenvalue weighted by atomic mass is 10.2. The highest BCUT2D eigenvalue weighted by atomic mass is 16.6. The van der Waals surface area contributed by atoms with Crippen molar-refractivity contribution in [3.63, 3.8) is 0 Å². The first-order valence-electron chi connectivity index (χ1n) is 9.23. The molecule has 160 valence electrons. The summed E-state index contributed by atoms with van der Waals surface area (Å²) in [6, 6.07) is 11.1. The van der Waals surface area contributed by atoms with E-state index in [0.717, 1.165) is 11.8 Å². The Hall–Kier alpha value is -4.28. The van der Waals surface area contributed by atoms with E-state index in [0.29, 0.717) is 11.4 Å². The number of carbonyl (C=O) groups is 1. The van der Waals surface area contributed by atoms with Gasteiger partial charge in [-0.15, -0.1) is 0 Å². The lowest BCUT2D eigenvalue weighted by Crippen LogP contribution is -2.15. The number of benzene rings is 2. The first-order valence-corrected chi connectivity index (χ1v) is 9.23. The minimum absolute atomic E-state index is 0.0312. The minimum atomic E-state index is -0.579. The van der Waals surface area contributed by atoms with Crippen LogP contribution in [0.5, 0.6) is 11.5 Å². The van der Waals surface area contributed by atoms with Crippen molar-refractivity contribution >= 4 is 23.0 Å². The van der Waals surface area contributed by atoms with Crippen LogP contribution in [0.2, 0.25) is 0 Å². The van der Waals surface area contributed by atoms with Crippen molar-refractivity contribution in [2.75, 3.05) is 5.32 Å². The van der Waals surface area contributed by atoms with Crippen LogP contribution in [0.4, 0.5) is 17.1 Å². The van der Waals surface area contributed by atoms with E-state index < -0.39 is 15.8 Å². The second kappa shape index (κ2) is 9.03. The Balaban J connectivity index is 1.71. The number of amides is 1. The molecule has 0 atom stereocenters. The first-order chi connectivity index (χ1) is 14.7. The number of aryl methyl sites for hydroxylation is 2. The van der Waals surface area contributed by atoms with E-state index in [1.807, 2.05) is 19.1 Å². The quantitative estimate of drug-likeness (QED) is 0.422. The lowest BCUT2D eigenvalue weighted by molar-refractivity contribution is -0.385. The smallest absolute Gasteiger partial charge is 0.309 e. The van der Waals surface area contributed by atoms with Gasteiger partial charge in [0.15, 0.2) is 0 Å². The SMILES string of the molecule is Cc1ccc(Oc2cc(NC(=O)CCn3ncc([N+](=O)[O-])c3C)cc([N+](=O)[O-])c2)cc1. The van der Waals surface area contributed by atoms with Crippen LogP contribution in [0.1, 0.15) is 17.7 Å². The van der Waals surface area contributed by atoms with E-state index in [2.05, 4.69) is 10.4 Å². The molecule has 1 amide bonds. The molecule has 0 spiro atoms. The fourth-order valence-electron chi connectivity index (χ4n) is 2.83. The number of aromatic nitrogens is 2. The number of hydrogen-bond donors (Lipinski definition) is 1. The van der Waals surface area contributed by atoms with Crippen molar-refractivity contribution in [1.29, 1.82) is 0 Å². The summed E-state index contributed by atoms with van der Waals surface area (Å²) in [7, 11) is 0. The highest BCUT2D eigenvalue weighted by molar-refractivity contribution is 5.91. The second-order valence-electron chi connectivity index (χ2n) is 6.78. The predicted octanol–water partition coefficient (Wildman–Crippen LogP) is 4.14. The number of non-ortho nitro benzene ring substituents is 1. The van der Waals surface area contributed by atoms with Gasteiger partial charge in [-0.1, -0.05) is 17.7 Å². The molecule has 0 radical (unpaired) electrons. The molecule has 0 aliphatic carbocycles. The van der Waals surface area contributed by atoms with Gasteiger partial charge >= 0.3 is 5.69 Å². The van der Waals surface area contributed by atoms with Gasteiger partial charge in [0.25, 0.3) is 5.69 Å². The molecule has 31 heavy (non-hydrogen) atoms. The molecule has 0 fully saturated rings. The topological polar surface area (TPSA) is 142 Å². The van der Waals surface area contributed by atoms with Crippen molar-refractivity contribution in [2.45, 2.75) is 26.8 Å². The number of rotatable bonds is 8. The van der Waals surface area contributed by atoms with Crippen LogP contribution in [-0.4, -0.2) is 25.5 Å². The zero-order valence-electron chi connectivity index (χ0n) is 16.8. The van der Waals surface area contributed by atoms with Crippen molar-refractivity contribution in [1.82, 2.24) is 9.78 Å².